The monoisotopic (exact) mass is 427 g/mol. The number of oxazole rings is 1. The van der Waals surface area contributed by atoms with Gasteiger partial charge in [0.2, 0.25) is 5.91 Å². The van der Waals surface area contributed by atoms with Gasteiger partial charge in [-0.05, 0) is 31.2 Å². The van der Waals surface area contributed by atoms with Gasteiger partial charge in [0.1, 0.15) is 12.4 Å². The molecule has 4 aromatic rings. The Kier molecular flexibility index (Phi) is 4.84. The van der Waals surface area contributed by atoms with Crippen molar-refractivity contribution in [2.75, 3.05) is 5.32 Å². The van der Waals surface area contributed by atoms with Crippen LogP contribution >= 0.6 is 11.6 Å². The van der Waals surface area contributed by atoms with E-state index in [0.29, 0.717) is 22.2 Å². The van der Waals surface area contributed by atoms with Crippen LogP contribution in [0.5, 0.6) is 0 Å². The number of nitrogens with one attached hydrogen (secondary N) is 1. The molecule has 0 bridgehead atoms. The van der Waals surface area contributed by atoms with E-state index >= 15 is 0 Å². The molecular formula is C19H14ClN5O5. The van der Waals surface area contributed by atoms with Crippen molar-refractivity contribution >= 4 is 40.1 Å². The van der Waals surface area contributed by atoms with Crippen LogP contribution in [-0.4, -0.2) is 25.2 Å². The number of nitro groups is 1. The van der Waals surface area contributed by atoms with Crippen LogP contribution in [0.2, 0.25) is 5.02 Å². The third kappa shape index (κ3) is 3.67. The first-order chi connectivity index (χ1) is 14.3. The molecule has 0 fully saturated rings. The van der Waals surface area contributed by atoms with Crippen molar-refractivity contribution in [2.45, 2.75) is 13.5 Å². The second-order valence-corrected chi connectivity index (χ2v) is 6.91. The van der Waals surface area contributed by atoms with E-state index in [1.54, 1.807) is 37.3 Å². The summed E-state index contributed by atoms with van der Waals surface area (Å²) < 4.78 is 7.67. The van der Waals surface area contributed by atoms with Crippen LogP contribution in [0.1, 0.15) is 5.69 Å². The lowest BCUT2D eigenvalue weighted by Gasteiger charge is -2.09. The summed E-state index contributed by atoms with van der Waals surface area (Å²) in [7, 11) is 0. The predicted molar refractivity (Wildman–Crippen MR) is 109 cm³/mol. The molecule has 0 radical (unpaired) electrons. The van der Waals surface area contributed by atoms with Gasteiger partial charge in [0.25, 0.3) is 5.69 Å². The van der Waals surface area contributed by atoms with Crippen LogP contribution in [0.15, 0.2) is 57.7 Å². The zero-order valence-electron chi connectivity index (χ0n) is 15.5. The Bertz CT molecular complexity index is 1350. The normalized spacial score (nSPS) is 11.0. The van der Waals surface area contributed by atoms with Gasteiger partial charge in [-0.2, -0.15) is 5.10 Å². The summed E-state index contributed by atoms with van der Waals surface area (Å²) in [6.07, 6.45) is 0. The molecule has 0 atom stereocenters. The minimum Gasteiger partial charge on any atom is -0.407 e. The number of amides is 1. The zero-order chi connectivity index (χ0) is 21.4. The molecule has 10 nitrogen and oxygen atoms in total. The van der Waals surface area contributed by atoms with Crippen LogP contribution in [0.4, 0.5) is 11.5 Å². The number of non-ortho nitro benzene ring substituents is 1. The fourth-order valence-corrected chi connectivity index (χ4v) is 3.22. The summed E-state index contributed by atoms with van der Waals surface area (Å²) in [6.45, 7) is 1.43. The van der Waals surface area contributed by atoms with E-state index in [-0.39, 0.29) is 23.3 Å². The molecule has 0 aliphatic carbocycles. The standard InChI is InChI=1S/C19H14ClN5O5/c1-11-7-17(24(22-11)13-4-2-3-12(20)8-13)21-18(26)10-23-15-6-5-14(25(28)29)9-16(15)30-19(23)27/h2-9H,10H2,1H3,(H,21,26). The molecule has 1 amide bonds. The molecule has 30 heavy (non-hydrogen) atoms. The largest absolute Gasteiger partial charge is 0.420 e. The van der Waals surface area contributed by atoms with Gasteiger partial charge in [0, 0.05) is 17.2 Å². The number of anilines is 1. The number of aromatic nitrogens is 3. The molecule has 2 heterocycles. The number of nitrogens with zero attached hydrogens (tertiary/aromatic N) is 4. The van der Waals surface area contributed by atoms with Gasteiger partial charge >= 0.3 is 5.76 Å². The van der Waals surface area contributed by atoms with E-state index < -0.39 is 16.6 Å². The summed E-state index contributed by atoms with van der Waals surface area (Å²) in [5.41, 5.74) is 1.42. The quantitative estimate of drug-likeness (QED) is 0.385. The smallest absolute Gasteiger partial charge is 0.407 e. The summed E-state index contributed by atoms with van der Waals surface area (Å²) in [5.74, 6) is -0.891. The number of carbonyl (C=O) groups excluding carboxylic acids is 1. The molecule has 0 saturated carbocycles. The number of carbonyl (C=O) groups is 1. The Morgan fingerprint density at radius 2 is 2.07 bits per heavy atom. The molecule has 11 heteroatoms. The Hall–Kier alpha value is -3.92. The van der Waals surface area contributed by atoms with Crippen LogP contribution < -0.4 is 11.1 Å². The van der Waals surface area contributed by atoms with E-state index in [0.717, 1.165) is 10.6 Å². The summed E-state index contributed by atoms with van der Waals surface area (Å²) in [4.78, 5) is 35.1. The van der Waals surface area contributed by atoms with E-state index in [1.807, 2.05) is 0 Å². The third-order valence-electron chi connectivity index (χ3n) is 4.32. The molecule has 0 aliphatic rings. The van der Waals surface area contributed by atoms with Gasteiger partial charge in [-0.3, -0.25) is 19.5 Å². The van der Waals surface area contributed by atoms with Gasteiger partial charge in [0.05, 0.1) is 27.9 Å². The fraction of sp³-hybridized carbons (Fsp3) is 0.105. The maximum Gasteiger partial charge on any atom is 0.420 e. The SMILES string of the molecule is Cc1cc(NC(=O)Cn2c(=O)oc3cc([N+](=O)[O-])ccc32)n(-c2cccc(Cl)c2)n1. The number of nitro benzene ring substituents is 1. The molecule has 0 unspecified atom stereocenters. The van der Waals surface area contributed by atoms with Crippen molar-refractivity contribution in [1.29, 1.82) is 0 Å². The second kappa shape index (κ2) is 7.48. The molecule has 0 spiro atoms. The van der Waals surface area contributed by atoms with Gasteiger partial charge in [-0.15, -0.1) is 0 Å². The Labute approximate surface area is 173 Å². The number of halogens is 1. The van der Waals surface area contributed by atoms with E-state index in [1.165, 1.54) is 16.8 Å². The average molecular weight is 428 g/mol. The molecule has 2 aromatic carbocycles. The lowest BCUT2D eigenvalue weighted by molar-refractivity contribution is -0.384. The first kappa shape index (κ1) is 19.4. The van der Waals surface area contributed by atoms with Gasteiger partial charge < -0.3 is 9.73 Å². The highest BCUT2D eigenvalue weighted by Gasteiger charge is 2.17. The highest BCUT2D eigenvalue weighted by atomic mass is 35.5. The molecular weight excluding hydrogens is 414 g/mol. The summed E-state index contributed by atoms with van der Waals surface area (Å²) in [5, 5.41) is 18.5. The minimum absolute atomic E-state index is 0.0295. The Morgan fingerprint density at radius 3 is 2.80 bits per heavy atom. The predicted octanol–water partition coefficient (Wildman–Crippen LogP) is 3.29. The zero-order valence-corrected chi connectivity index (χ0v) is 16.3. The first-order valence-corrected chi connectivity index (χ1v) is 9.10. The molecule has 152 valence electrons. The van der Waals surface area contributed by atoms with Crippen molar-refractivity contribution in [3.63, 3.8) is 0 Å². The van der Waals surface area contributed by atoms with Gasteiger partial charge in [-0.1, -0.05) is 17.7 Å². The van der Waals surface area contributed by atoms with E-state index in [2.05, 4.69) is 10.4 Å². The fourth-order valence-electron chi connectivity index (χ4n) is 3.04. The lowest BCUT2D eigenvalue weighted by atomic mass is 10.3. The van der Waals surface area contributed by atoms with Gasteiger partial charge in [-0.25, -0.2) is 9.48 Å². The molecule has 4 rings (SSSR count). The number of rotatable bonds is 5. The maximum atomic E-state index is 12.6. The second-order valence-electron chi connectivity index (χ2n) is 6.47. The van der Waals surface area contributed by atoms with E-state index in [4.69, 9.17) is 16.0 Å². The third-order valence-corrected chi connectivity index (χ3v) is 4.55. The van der Waals surface area contributed by atoms with Crippen molar-refractivity contribution in [3.05, 3.63) is 79.9 Å². The minimum atomic E-state index is -0.792. The molecule has 0 aliphatic heterocycles. The molecule has 0 saturated heterocycles. The van der Waals surface area contributed by atoms with E-state index in [9.17, 15) is 19.7 Å². The molecule has 1 N–H and O–H groups in total. The topological polar surface area (TPSA) is 125 Å². The Balaban J connectivity index is 1.61. The maximum absolute atomic E-state index is 12.6. The molecule has 2 aromatic heterocycles. The van der Waals surface area contributed by atoms with Crippen molar-refractivity contribution in [2.24, 2.45) is 0 Å². The van der Waals surface area contributed by atoms with Crippen molar-refractivity contribution in [1.82, 2.24) is 14.3 Å². The van der Waals surface area contributed by atoms with Crippen LogP contribution in [0, 0.1) is 17.0 Å². The number of fused-ring (bicyclic) bond motifs is 1. The average Bonchev–Trinajstić information content (AvgIpc) is 3.20. The Morgan fingerprint density at radius 1 is 1.27 bits per heavy atom. The van der Waals surface area contributed by atoms with Crippen LogP contribution in [0.25, 0.3) is 16.8 Å². The van der Waals surface area contributed by atoms with Crippen molar-refractivity contribution in [3.8, 4) is 5.69 Å². The van der Waals surface area contributed by atoms with Crippen molar-refractivity contribution < 1.29 is 14.1 Å². The highest BCUT2D eigenvalue weighted by Crippen LogP contribution is 2.22. The number of hydrogen-bond acceptors (Lipinski definition) is 6. The number of benzene rings is 2. The number of aryl methyl sites for hydroxylation is 1. The lowest BCUT2D eigenvalue weighted by Crippen LogP contribution is -2.25. The first-order valence-electron chi connectivity index (χ1n) is 8.72. The van der Waals surface area contributed by atoms with Gasteiger partial charge in [0.15, 0.2) is 5.58 Å². The highest BCUT2D eigenvalue weighted by molar-refractivity contribution is 6.30. The van der Waals surface area contributed by atoms with Crippen LogP contribution in [-0.2, 0) is 11.3 Å². The summed E-state index contributed by atoms with van der Waals surface area (Å²) in [6, 6.07) is 12.4. The summed E-state index contributed by atoms with van der Waals surface area (Å²) >= 11 is 6.04. The van der Waals surface area contributed by atoms with Crippen LogP contribution in [0.3, 0.4) is 0 Å². The number of hydrogen-bond donors (Lipinski definition) is 1.